The van der Waals surface area contributed by atoms with Gasteiger partial charge >= 0.3 is 6.03 Å². The summed E-state index contributed by atoms with van der Waals surface area (Å²) in [4.78, 5) is 17.6. The Balaban J connectivity index is 2.14. The van der Waals surface area contributed by atoms with E-state index in [9.17, 15) is 4.79 Å². The van der Waals surface area contributed by atoms with E-state index in [2.05, 4.69) is 21.8 Å². The lowest BCUT2D eigenvalue weighted by Crippen LogP contribution is -2.33. The van der Waals surface area contributed by atoms with Crippen LogP contribution in [0, 0.1) is 0 Å². The number of carbonyl (C=O) groups is 1. The number of fused-ring (bicyclic) bond motifs is 1. The molecule has 2 aromatic rings. The van der Waals surface area contributed by atoms with Gasteiger partial charge in [-0.1, -0.05) is 6.92 Å². The van der Waals surface area contributed by atoms with Crippen LogP contribution < -0.4 is 5.32 Å². The number of urea groups is 1. The van der Waals surface area contributed by atoms with Crippen LogP contribution in [0.25, 0.3) is 11.0 Å². The van der Waals surface area contributed by atoms with Gasteiger partial charge in [-0.2, -0.15) is 0 Å². The summed E-state index contributed by atoms with van der Waals surface area (Å²) in [5.74, 6) is 0. The third-order valence-electron chi connectivity index (χ3n) is 3.12. The van der Waals surface area contributed by atoms with E-state index in [1.165, 1.54) is 4.90 Å². The highest BCUT2D eigenvalue weighted by Gasteiger charge is 2.09. The first-order valence-electron chi connectivity index (χ1n) is 6.73. The number of rotatable bonds is 5. The smallest absolute Gasteiger partial charge is 0.321 e. The second-order valence-electron chi connectivity index (χ2n) is 4.72. The van der Waals surface area contributed by atoms with Gasteiger partial charge in [0.25, 0.3) is 0 Å². The molecule has 0 aliphatic heterocycles. The molecule has 0 spiro atoms. The third kappa shape index (κ3) is 3.08. The molecule has 1 aromatic carbocycles. The lowest BCUT2D eigenvalue weighted by atomic mass is 10.2. The number of benzene rings is 1. The molecule has 1 aromatic heterocycles. The first-order valence-corrected chi connectivity index (χ1v) is 6.73. The molecule has 2 amide bonds. The fourth-order valence-corrected chi connectivity index (χ4v) is 2.03. The summed E-state index contributed by atoms with van der Waals surface area (Å²) in [6, 6.07) is 5.43. The average Bonchev–Trinajstić information content (AvgIpc) is 2.82. The van der Waals surface area contributed by atoms with Gasteiger partial charge in [0, 0.05) is 25.8 Å². The number of carbonyl (C=O) groups excluding carboxylic acids is 1. The van der Waals surface area contributed by atoms with Crippen molar-refractivity contribution in [3.8, 4) is 0 Å². The van der Waals surface area contributed by atoms with E-state index in [-0.39, 0.29) is 12.6 Å². The zero-order valence-corrected chi connectivity index (χ0v) is 11.8. The number of hydrogen-bond acceptors (Lipinski definition) is 3. The van der Waals surface area contributed by atoms with Crippen molar-refractivity contribution in [3.63, 3.8) is 0 Å². The fourth-order valence-electron chi connectivity index (χ4n) is 2.03. The van der Waals surface area contributed by atoms with Gasteiger partial charge in [0.05, 0.1) is 24.0 Å². The highest BCUT2D eigenvalue weighted by Crippen LogP contribution is 2.18. The maximum Gasteiger partial charge on any atom is 0.321 e. The summed E-state index contributed by atoms with van der Waals surface area (Å²) in [6.07, 6.45) is 2.87. The molecule has 1 heterocycles. The van der Waals surface area contributed by atoms with Gasteiger partial charge in [0.2, 0.25) is 0 Å². The average molecular weight is 276 g/mol. The molecule has 2 N–H and O–H groups in total. The lowest BCUT2D eigenvalue weighted by Gasteiger charge is -2.16. The molecule has 2 rings (SSSR count). The molecule has 6 heteroatoms. The molecule has 0 aliphatic carbocycles. The van der Waals surface area contributed by atoms with Crippen LogP contribution in [0.4, 0.5) is 10.5 Å². The van der Waals surface area contributed by atoms with Crippen molar-refractivity contribution >= 4 is 22.8 Å². The monoisotopic (exact) mass is 276 g/mol. The van der Waals surface area contributed by atoms with Crippen LogP contribution in [-0.2, 0) is 6.54 Å². The van der Waals surface area contributed by atoms with E-state index in [0.717, 1.165) is 24.0 Å². The third-order valence-corrected chi connectivity index (χ3v) is 3.12. The Morgan fingerprint density at radius 2 is 2.30 bits per heavy atom. The number of anilines is 1. The molecule has 108 valence electrons. The number of aromatic nitrogens is 2. The second-order valence-corrected chi connectivity index (χ2v) is 4.72. The molecule has 0 bridgehead atoms. The molecule has 0 saturated carbocycles. The minimum atomic E-state index is -0.244. The van der Waals surface area contributed by atoms with Crippen LogP contribution >= 0.6 is 0 Å². The van der Waals surface area contributed by atoms with E-state index in [0.29, 0.717) is 12.2 Å². The molecule has 0 saturated heterocycles. The number of amides is 2. The van der Waals surface area contributed by atoms with Crippen molar-refractivity contribution in [3.05, 3.63) is 24.5 Å². The Labute approximate surface area is 118 Å². The second kappa shape index (κ2) is 6.38. The molecule has 0 fully saturated rings. The molecule has 0 aliphatic rings. The maximum absolute atomic E-state index is 11.8. The molecule has 20 heavy (non-hydrogen) atoms. The minimum Gasteiger partial charge on any atom is -0.395 e. The van der Waals surface area contributed by atoms with Crippen LogP contribution in [-0.4, -0.2) is 45.8 Å². The Hall–Kier alpha value is -2.08. The van der Waals surface area contributed by atoms with Crippen molar-refractivity contribution in [2.45, 2.75) is 19.9 Å². The van der Waals surface area contributed by atoms with E-state index < -0.39 is 0 Å². The van der Waals surface area contributed by atoms with E-state index >= 15 is 0 Å². The summed E-state index contributed by atoms with van der Waals surface area (Å²) in [5.41, 5.74) is 2.63. The minimum absolute atomic E-state index is 0.0512. The van der Waals surface area contributed by atoms with Gasteiger partial charge in [-0.3, -0.25) is 0 Å². The summed E-state index contributed by atoms with van der Waals surface area (Å²) in [7, 11) is 1.64. The first kappa shape index (κ1) is 14.3. The Morgan fingerprint density at radius 1 is 1.50 bits per heavy atom. The number of nitrogens with zero attached hydrogens (tertiary/aromatic N) is 3. The van der Waals surface area contributed by atoms with Crippen LogP contribution in [0.3, 0.4) is 0 Å². The zero-order chi connectivity index (χ0) is 14.5. The number of likely N-dealkylation sites (N-methyl/N-ethyl adjacent to an activating group) is 1. The van der Waals surface area contributed by atoms with Crippen molar-refractivity contribution in [1.29, 1.82) is 0 Å². The van der Waals surface area contributed by atoms with Gasteiger partial charge in [-0.25, -0.2) is 9.78 Å². The number of aliphatic hydroxyl groups is 1. The predicted molar refractivity (Wildman–Crippen MR) is 78.8 cm³/mol. The lowest BCUT2D eigenvalue weighted by molar-refractivity contribution is 0.202. The molecule has 0 atom stereocenters. The number of imidazole rings is 1. The highest BCUT2D eigenvalue weighted by molar-refractivity contribution is 5.91. The highest BCUT2D eigenvalue weighted by atomic mass is 16.3. The summed E-state index contributed by atoms with van der Waals surface area (Å²) >= 11 is 0. The van der Waals surface area contributed by atoms with Crippen LogP contribution in [0.2, 0.25) is 0 Å². The number of aliphatic hydroxyl groups excluding tert-OH is 1. The van der Waals surface area contributed by atoms with Crippen molar-refractivity contribution in [2.24, 2.45) is 0 Å². The molecule has 6 nitrogen and oxygen atoms in total. The molecule has 0 unspecified atom stereocenters. The summed E-state index contributed by atoms with van der Waals surface area (Å²) in [6.45, 7) is 3.31. The van der Waals surface area contributed by atoms with Crippen molar-refractivity contribution in [2.75, 3.05) is 25.5 Å². The van der Waals surface area contributed by atoms with Gasteiger partial charge in [0.1, 0.15) is 0 Å². The number of aryl methyl sites for hydroxylation is 1. The molecule has 0 radical (unpaired) electrons. The zero-order valence-electron chi connectivity index (χ0n) is 11.8. The quantitative estimate of drug-likeness (QED) is 0.876. The van der Waals surface area contributed by atoms with Gasteiger partial charge < -0.3 is 19.9 Å². The van der Waals surface area contributed by atoms with E-state index in [1.54, 1.807) is 7.05 Å². The Morgan fingerprint density at radius 3 is 3.00 bits per heavy atom. The first-order chi connectivity index (χ1) is 9.65. The Bertz CT molecular complexity index is 594. The summed E-state index contributed by atoms with van der Waals surface area (Å²) < 4.78 is 2.10. The number of hydrogen-bond donors (Lipinski definition) is 2. The van der Waals surface area contributed by atoms with Gasteiger partial charge in [-0.05, 0) is 24.6 Å². The van der Waals surface area contributed by atoms with Crippen molar-refractivity contribution in [1.82, 2.24) is 14.5 Å². The maximum atomic E-state index is 11.8. The van der Waals surface area contributed by atoms with Crippen molar-refractivity contribution < 1.29 is 9.90 Å². The topological polar surface area (TPSA) is 70.4 Å². The van der Waals surface area contributed by atoms with Crippen LogP contribution in [0.15, 0.2) is 24.5 Å². The Kier molecular flexibility index (Phi) is 4.57. The fraction of sp³-hybridized carbons (Fsp3) is 0.429. The SMILES string of the molecule is CCCn1cnc2cc(NC(=O)N(C)CCO)ccc21. The molecular weight excluding hydrogens is 256 g/mol. The standard InChI is InChI=1S/C14H20N4O2/c1-3-6-18-10-15-12-9-11(4-5-13(12)18)16-14(20)17(2)7-8-19/h4-5,9-10,19H,3,6-8H2,1-2H3,(H,16,20). The van der Waals surface area contributed by atoms with Crippen LogP contribution in [0.1, 0.15) is 13.3 Å². The predicted octanol–water partition coefficient (Wildman–Crippen LogP) is 1.90. The molecular formula is C14H20N4O2. The van der Waals surface area contributed by atoms with E-state index in [1.807, 2.05) is 24.5 Å². The number of nitrogens with one attached hydrogen (secondary N) is 1. The van der Waals surface area contributed by atoms with Gasteiger partial charge in [0.15, 0.2) is 0 Å². The van der Waals surface area contributed by atoms with Crippen LogP contribution in [0.5, 0.6) is 0 Å². The largest absolute Gasteiger partial charge is 0.395 e. The normalized spacial score (nSPS) is 10.8. The summed E-state index contributed by atoms with van der Waals surface area (Å²) in [5, 5.41) is 11.6. The van der Waals surface area contributed by atoms with Gasteiger partial charge in [-0.15, -0.1) is 0 Å². The van der Waals surface area contributed by atoms with E-state index in [4.69, 9.17) is 5.11 Å².